The lowest BCUT2D eigenvalue weighted by atomic mass is 9.99. The molecular weight excluding hydrogens is 445 g/mol. The Balaban J connectivity index is 2.37. The number of rotatable bonds is 2. The summed E-state index contributed by atoms with van der Waals surface area (Å²) in [5, 5.41) is 2.23. The maximum atomic E-state index is 6.36. The summed E-state index contributed by atoms with van der Waals surface area (Å²) in [5.41, 5.74) is 7.96. The van der Waals surface area contributed by atoms with E-state index >= 15 is 0 Å². The zero-order valence-corrected chi connectivity index (χ0v) is 16.8. The number of pyridine rings is 1. The van der Waals surface area contributed by atoms with Crippen molar-refractivity contribution in [2.75, 3.05) is 5.73 Å². The van der Waals surface area contributed by atoms with Crippen LogP contribution in [-0.2, 0) is 0 Å². The molecule has 0 atom stereocenters. The van der Waals surface area contributed by atoms with Gasteiger partial charge in [-0.05, 0) is 36.4 Å². The van der Waals surface area contributed by atoms with Crippen LogP contribution in [0.2, 0.25) is 30.1 Å². The first kappa shape index (κ1) is 18.9. The van der Waals surface area contributed by atoms with Crippen LogP contribution in [0.25, 0.3) is 22.4 Å². The highest BCUT2D eigenvalue weighted by molar-refractivity contribution is 6.43. The van der Waals surface area contributed by atoms with Gasteiger partial charge in [0.05, 0.1) is 25.8 Å². The lowest BCUT2D eigenvalue weighted by molar-refractivity contribution is 1.33. The Morgan fingerprint density at radius 3 is 1.56 bits per heavy atom. The minimum absolute atomic E-state index is 0.294. The normalized spacial score (nSPS) is 11.0. The van der Waals surface area contributed by atoms with Crippen LogP contribution >= 0.6 is 69.6 Å². The SMILES string of the molecule is Nc1ccc(-c2c(Cl)cc(Cl)cc2Cl)c(-c2c(Cl)cc(Cl)cc2Cl)n1. The summed E-state index contributed by atoms with van der Waals surface area (Å²) < 4.78 is 0. The number of nitrogens with two attached hydrogens (primary N) is 1. The first-order chi connectivity index (χ1) is 11.8. The highest BCUT2D eigenvalue weighted by Crippen LogP contribution is 2.45. The lowest BCUT2D eigenvalue weighted by Gasteiger charge is -2.15. The quantitative estimate of drug-likeness (QED) is 0.428. The standard InChI is InChI=1S/C17H8Cl6N2/c18-7-3-10(20)15(11(21)4-7)9-1-2-14(24)25-17(9)16-12(22)5-8(19)6-13(16)23/h1-6H,(H2,24,25). The van der Waals surface area contributed by atoms with E-state index in [1.54, 1.807) is 36.4 Å². The van der Waals surface area contributed by atoms with E-state index < -0.39 is 0 Å². The molecule has 2 nitrogen and oxygen atoms in total. The average Bonchev–Trinajstić information content (AvgIpc) is 2.47. The van der Waals surface area contributed by atoms with E-state index in [0.29, 0.717) is 58.3 Å². The minimum atomic E-state index is 0.294. The van der Waals surface area contributed by atoms with Gasteiger partial charge in [-0.2, -0.15) is 0 Å². The zero-order valence-electron chi connectivity index (χ0n) is 12.3. The topological polar surface area (TPSA) is 38.9 Å². The molecule has 3 aromatic rings. The van der Waals surface area contributed by atoms with Crippen LogP contribution in [0.3, 0.4) is 0 Å². The van der Waals surface area contributed by atoms with Crippen molar-refractivity contribution in [1.82, 2.24) is 4.98 Å². The van der Waals surface area contributed by atoms with E-state index in [0.717, 1.165) is 0 Å². The van der Waals surface area contributed by atoms with Crippen molar-refractivity contribution in [2.24, 2.45) is 0 Å². The van der Waals surface area contributed by atoms with Crippen molar-refractivity contribution < 1.29 is 0 Å². The van der Waals surface area contributed by atoms with Crippen LogP contribution in [0.4, 0.5) is 5.82 Å². The fourth-order valence-electron chi connectivity index (χ4n) is 2.43. The predicted molar refractivity (Wildman–Crippen MR) is 110 cm³/mol. The van der Waals surface area contributed by atoms with Gasteiger partial charge in [0, 0.05) is 26.7 Å². The maximum absolute atomic E-state index is 6.36. The van der Waals surface area contributed by atoms with Gasteiger partial charge in [0.1, 0.15) is 5.82 Å². The van der Waals surface area contributed by atoms with Crippen LogP contribution in [0.1, 0.15) is 0 Å². The predicted octanol–water partition coefficient (Wildman–Crippen LogP) is 7.92. The molecular formula is C17H8Cl6N2. The molecule has 3 rings (SSSR count). The van der Waals surface area contributed by atoms with E-state index in [1.165, 1.54) is 0 Å². The molecule has 0 aliphatic rings. The third-order valence-electron chi connectivity index (χ3n) is 3.44. The molecule has 0 saturated carbocycles. The van der Waals surface area contributed by atoms with Crippen LogP contribution < -0.4 is 5.73 Å². The fourth-order valence-corrected chi connectivity index (χ4v) is 4.45. The zero-order chi connectivity index (χ0) is 18.3. The van der Waals surface area contributed by atoms with Gasteiger partial charge >= 0.3 is 0 Å². The lowest BCUT2D eigenvalue weighted by Crippen LogP contribution is -1.97. The summed E-state index contributed by atoms with van der Waals surface area (Å²) in [6.07, 6.45) is 0. The molecule has 0 radical (unpaired) electrons. The number of nitrogens with zero attached hydrogens (tertiary/aromatic N) is 1. The number of benzene rings is 2. The Morgan fingerprint density at radius 2 is 1.08 bits per heavy atom. The summed E-state index contributed by atoms with van der Waals surface area (Å²) in [5.74, 6) is 0.294. The van der Waals surface area contributed by atoms with Gasteiger partial charge < -0.3 is 5.73 Å². The molecule has 0 bridgehead atoms. The molecule has 0 spiro atoms. The average molecular weight is 453 g/mol. The molecule has 0 unspecified atom stereocenters. The highest BCUT2D eigenvalue weighted by Gasteiger charge is 2.20. The Hall–Kier alpha value is -0.870. The third-order valence-corrected chi connectivity index (χ3v) is 5.07. The summed E-state index contributed by atoms with van der Waals surface area (Å²) in [6.45, 7) is 0. The van der Waals surface area contributed by atoms with Crippen molar-refractivity contribution in [2.45, 2.75) is 0 Å². The van der Waals surface area contributed by atoms with Gasteiger partial charge in [0.15, 0.2) is 0 Å². The number of aromatic nitrogens is 1. The number of nitrogen functional groups attached to an aromatic ring is 1. The molecule has 8 heteroatoms. The number of hydrogen-bond acceptors (Lipinski definition) is 2. The monoisotopic (exact) mass is 450 g/mol. The Bertz CT molecular complexity index is 941. The molecule has 2 aromatic carbocycles. The Labute approximate surface area is 174 Å². The summed E-state index contributed by atoms with van der Waals surface area (Å²) in [4.78, 5) is 4.39. The maximum Gasteiger partial charge on any atom is 0.124 e. The van der Waals surface area contributed by atoms with Crippen LogP contribution in [0.15, 0.2) is 36.4 Å². The molecule has 0 aliphatic heterocycles. The molecule has 128 valence electrons. The molecule has 25 heavy (non-hydrogen) atoms. The second-order valence-electron chi connectivity index (χ2n) is 5.12. The van der Waals surface area contributed by atoms with Crippen molar-refractivity contribution in [3.05, 3.63) is 66.5 Å². The van der Waals surface area contributed by atoms with Gasteiger partial charge in [-0.1, -0.05) is 69.6 Å². The first-order valence-electron chi connectivity index (χ1n) is 6.84. The molecule has 0 saturated heterocycles. The van der Waals surface area contributed by atoms with Crippen molar-refractivity contribution in [3.8, 4) is 22.4 Å². The van der Waals surface area contributed by atoms with Crippen molar-refractivity contribution >= 4 is 75.4 Å². The highest BCUT2D eigenvalue weighted by atomic mass is 35.5. The van der Waals surface area contributed by atoms with Gasteiger partial charge in [-0.3, -0.25) is 0 Å². The second-order valence-corrected chi connectivity index (χ2v) is 7.62. The number of halogens is 6. The second kappa shape index (κ2) is 7.40. The van der Waals surface area contributed by atoms with Gasteiger partial charge in [0.2, 0.25) is 0 Å². The Morgan fingerprint density at radius 1 is 0.640 bits per heavy atom. The van der Waals surface area contributed by atoms with E-state index in [4.69, 9.17) is 75.3 Å². The molecule has 0 fully saturated rings. The van der Waals surface area contributed by atoms with Crippen molar-refractivity contribution in [1.29, 1.82) is 0 Å². The molecule has 1 aromatic heterocycles. The minimum Gasteiger partial charge on any atom is -0.384 e. The molecule has 1 heterocycles. The Kier molecular flexibility index (Phi) is 5.60. The molecule has 0 aliphatic carbocycles. The summed E-state index contributed by atoms with van der Waals surface area (Å²) in [7, 11) is 0. The van der Waals surface area contributed by atoms with Gasteiger partial charge in [-0.25, -0.2) is 4.98 Å². The fraction of sp³-hybridized carbons (Fsp3) is 0. The largest absolute Gasteiger partial charge is 0.384 e. The molecule has 2 N–H and O–H groups in total. The van der Waals surface area contributed by atoms with E-state index in [2.05, 4.69) is 4.98 Å². The van der Waals surface area contributed by atoms with Crippen LogP contribution in [-0.4, -0.2) is 4.98 Å². The smallest absolute Gasteiger partial charge is 0.124 e. The van der Waals surface area contributed by atoms with Crippen LogP contribution in [0.5, 0.6) is 0 Å². The van der Waals surface area contributed by atoms with Crippen LogP contribution in [0, 0.1) is 0 Å². The van der Waals surface area contributed by atoms with E-state index in [1.807, 2.05) is 0 Å². The van der Waals surface area contributed by atoms with Gasteiger partial charge in [0.25, 0.3) is 0 Å². The van der Waals surface area contributed by atoms with Gasteiger partial charge in [-0.15, -0.1) is 0 Å². The first-order valence-corrected chi connectivity index (χ1v) is 9.11. The number of hydrogen-bond donors (Lipinski definition) is 1. The van der Waals surface area contributed by atoms with E-state index in [9.17, 15) is 0 Å². The molecule has 0 amide bonds. The number of anilines is 1. The summed E-state index contributed by atoms with van der Waals surface area (Å²) in [6, 6.07) is 9.72. The summed E-state index contributed by atoms with van der Waals surface area (Å²) >= 11 is 37.4. The van der Waals surface area contributed by atoms with Crippen molar-refractivity contribution in [3.63, 3.8) is 0 Å². The third kappa shape index (κ3) is 3.80. The van der Waals surface area contributed by atoms with E-state index in [-0.39, 0.29) is 0 Å².